The van der Waals surface area contributed by atoms with Crippen LogP contribution in [-0.2, 0) is 4.79 Å². The summed E-state index contributed by atoms with van der Waals surface area (Å²) < 4.78 is 10.7. The molecule has 134 valence electrons. The summed E-state index contributed by atoms with van der Waals surface area (Å²) in [6.07, 6.45) is 1.42. The third kappa shape index (κ3) is 3.10. The van der Waals surface area contributed by atoms with Crippen LogP contribution in [0, 0.1) is 0 Å². The Hall–Kier alpha value is -3.02. The van der Waals surface area contributed by atoms with E-state index in [-0.39, 0.29) is 24.6 Å². The van der Waals surface area contributed by atoms with Crippen LogP contribution in [0.1, 0.15) is 41.7 Å². The maximum absolute atomic E-state index is 12.6. The molecular weight excluding hydrogens is 332 g/mol. The standard InChI is InChI=1S/C20H20N2O4/c1-13(14-7-8-17-18(11-14)26-12-25-17)21-20(24)15-4-2-5-16(10-15)22-9-3-6-19(22)23/h2,4-5,7-8,10-11,13H,3,6,9,12H2,1H3,(H,21,24). The van der Waals surface area contributed by atoms with Crippen molar-refractivity contribution in [3.8, 4) is 11.5 Å². The fourth-order valence-electron chi connectivity index (χ4n) is 3.28. The van der Waals surface area contributed by atoms with Gasteiger partial charge in [0.05, 0.1) is 6.04 Å². The molecule has 1 atom stereocenters. The number of carbonyl (C=O) groups is 2. The second-order valence-corrected chi connectivity index (χ2v) is 6.51. The van der Waals surface area contributed by atoms with Gasteiger partial charge in [-0.3, -0.25) is 9.59 Å². The lowest BCUT2D eigenvalue weighted by atomic mass is 10.1. The molecule has 0 saturated carbocycles. The molecule has 1 unspecified atom stereocenters. The van der Waals surface area contributed by atoms with Crippen LogP contribution in [0.5, 0.6) is 11.5 Å². The predicted octanol–water partition coefficient (Wildman–Crippen LogP) is 3.03. The monoisotopic (exact) mass is 352 g/mol. The van der Waals surface area contributed by atoms with E-state index in [1.54, 1.807) is 23.1 Å². The summed E-state index contributed by atoms with van der Waals surface area (Å²) >= 11 is 0. The average molecular weight is 352 g/mol. The molecule has 2 aliphatic rings. The molecule has 6 nitrogen and oxygen atoms in total. The molecule has 0 bridgehead atoms. The van der Waals surface area contributed by atoms with Gasteiger partial charge in [-0.05, 0) is 49.2 Å². The van der Waals surface area contributed by atoms with Gasteiger partial charge >= 0.3 is 0 Å². The Balaban J connectivity index is 1.48. The second-order valence-electron chi connectivity index (χ2n) is 6.51. The van der Waals surface area contributed by atoms with Gasteiger partial charge < -0.3 is 19.7 Å². The Morgan fingerprint density at radius 3 is 2.81 bits per heavy atom. The van der Waals surface area contributed by atoms with Crippen LogP contribution in [-0.4, -0.2) is 25.2 Å². The summed E-state index contributed by atoms with van der Waals surface area (Å²) in [7, 11) is 0. The van der Waals surface area contributed by atoms with Gasteiger partial charge in [0.1, 0.15) is 0 Å². The first-order valence-corrected chi connectivity index (χ1v) is 8.72. The van der Waals surface area contributed by atoms with E-state index in [1.165, 1.54) is 0 Å². The normalized spacial score (nSPS) is 16.7. The number of hydrogen-bond donors (Lipinski definition) is 1. The maximum atomic E-state index is 12.6. The highest BCUT2D eigenvalue weighted by molar-refractivity contribution is 5.99. The van der Waals surface area contributed by atoms with Gasteiger partial charge in [0.15, 0.2) is 11.5 Å². The van der Waals surface area contributed by atoms with Crippen molar-refractivity contribution >= 4 is 17.5 Å². The topological polar surface area (TPSA) is 67.9 Å². The first-order chi connectivity index (χ1) is 12.6. The van der Waals surface area contributed by atoms with E-state index >= 15 is 0 Å². The minimum atomic E-state index is -0.186. The van der Waals surface area contributed by atoms with Crippen molar-refractivity contribution in [3.63, 3.8) is 0 Å². The highest BCUT2D eigenvalue weighted by atomic mass is 16.7. The van der Waals surface area contributed by atoms with Crippen molar-refractivity contribution in [1.82, 2.24) is 5.32 Å². The van der Waals surface area contributed by atoms with Crippen LogP contribution in [0.25, 0.3) is 0 Å². The van der Waals surface area contributed by atoms with Crippen molar-refractivity contribution in [3.05, 3.63) is 53.6 Å². The van der Waals surface area contributed by atoms with E-state index in [1.807, 2.05) is 31.2 Å². The highest BCUT2D eigenvalue weighted by Gasteiger charge is 2.23. The Morgan fingerprint density at radius 1 is 1.15 bits per heavy atom. The number of benzene rings is 2. The van der Waals surface area contributed by atoms with Crippen molar-refractivity contribution in [2.24, 2.45) is 0 Å². The van der Waals surface area contributed by atoms with Crippen molar-refractivity contribution in [2.75, 3.05) is 18.2 Å². The fourth-order valence-corrected chi connectivity index (χ4v) is 3.28. The highest BCUT2D eigenvalue weighted by Crippen LogP contribution is 2.34. The van der Waals surface area contributed by atoms with E-state index in [0.717, 1.165) is 23.4 Å². The van der Waals surface area contributed by atoms with Crippen LogP contribution in [0.2, 0.25) is 0 Å². The molecule has 0 radical (unpaired) electrons. The summed E-state index contributed by atoms with van der Waals surface area (Å²) in [5, 5.41) is 2.99. The zero-order chi connectivity index (χ0) is 18.1. The van der Waals surface area contributed by atoms with E-state index < -0.39 is 0 Å². The van der Waals surface area contributed by atoms with Gasteiger partial charge in [-0.1, -0.05) is 12.1 Å². The van der Waals surface area contributed by atoms with Crippen LogP contribution in [0.4, 0.5) is 5.69 Å². The minimum absolute atomic E-state index is 0.108. The molecule has 1 N–H and O–H groups in total. The van der Waals surface area contributed by atoms with E-state index in [0.29, 0.717) is 24.3 Å². The van der Waals surface area contributed by atoms with E-state index in [4.69, 9.17) is 9.47 Å². The van der Waals surface area contributed by atoms with Crippen molar-refractivity contribution < 1.29 is 19.1 Å². The Kier molecular flexibility index (Phi) is 4.24. The first kappa shape index (κ1) is 16.4. The zero-order valence-electron chi connectivity index (χ0n) is 14.5. The Bertz CT molecular complexity index is 865. The smallest absolute Gasteiger partial charge is 0.251 e. The number of rotatable bonds is 4. The Labute approximate surface area is 151 Å². The number of nitrogens with zero attached hydrogens (tertiary/aromatic N) is 1. The molecule has 0 aliphatic carbocycles. The third-order valence-electron chi connectivity index (χ3n) is 4.74. The average Bonchev–Trinajstić information content (AvgIpc) is 3.29. The molecule has 26 heavy (non-hydrogen) atoms. The number of fused-ring (bicyclic) bond motifs is 1. The van der Waals surface area contributed by atoms with Gasteiger partial charge in [0, 0.05) is 24.2 Å². The molecular formula is C20H20N2O4. The molecule has 2 aromatic rings. The molecule has 0 spiro atoms. The molecule has 2 aromatic carbocycles. The van der Waals surface area contributed by atoms with Gasteiger partial charge in [-0.25, -0.2) is 0 Å². The minimum Gasteiger partial charge on any atom is -0.454 e. The molecule has 2 heterocycles. The maximum Gasteiger partial charge on any atom is 0.251 e. The summed E-state index contributed by atoms with van der Waals surface area (Å²) in [6, 6.07) is 12.7. The SMILES string of the molecule is CC(NC(=O)c1cccc(N2CCCC2=O)c1)c1ccc2c(c1)OCO2. The largest absolute Gasteiger partial charge is 0.454 e. The van der Waals surface area contributed by atoms with Gasteiger partial charge in [0.2, 0.25) is 12.7 Å². The summed E-state index contributed by atoms with van der Waals surface area (Å²) in [5.41, 5.74) is 2.25. The van der Waals surface area contributed by atoms with Crippen LogP contribution in [0.15, 0.2) is 42.5 Å². The van der Waals surface area contributed by atoms with Crippen LogP contribution in [0.3, 0.4) is 0 Å². The molecule has 1 saturated heterocycles. The van der Waals surface area contributed by atoms with Crippen molar-refractivity contribution in [1.29, 1.82) is 0 Å². The molecule has 4 rings (SSSR count). The molecule has 6 heteroatoms. The van der Waals surface area contributed by atoms with E-state index in [9.17, 15) is 9.59 Å². The second kappa shape index (κ2) is 6.71. The number of ether oxygens (including phenoxy) is 2. The molecule has 2 amide bonds. The van der Waals surface area contributed by atoms with Gasteiger partial charge in [0.25, 0.3) is 5.91 Å². The quantitative estimate of drug-likeness (QED) is 0.918. The lowest BCUT2D eigenvalue weighted by molar-refractivity contribution is -0.117. The number of nitrogens with one attached hydrogen (secondary N) is 1. The predicted molar refractivity (Wildman–Crippen MR) is 96.5 cm³/mol. The van der Waals surface area contributed by atoms with Crippen LogP contribution < -0.4 is 19.7 Å². The first-order valence-electron chi connectivity index (χ1n) is 8.72. The van der Waals surface area contributed by atoms with Gasteiger partial charge in [-0.15, -0.1) is 0 Å². The number of carbonyl (C=O) groups excluding carboxylic acids is 2. The third-order valence-corrected chi connectivity index (χ3v) is 4.74. The van der Waals surface area contributed by atoms with Crippen LogP contribution >= 0.6 is 0 Å². The lowest BCUT2D eigenvalue weighted by Gasteiger charge is -2.18. The lowest BCUT2D eigenvalue weighted by Crippen LogP contribution is -2.27. The number of amides is 2. The zero-order valence-corrected chi connectivity index (χ0v) is 14.5. The summed E-state index contributed by atoms with van der Waals surface area (Å²) in [5.74, 6) is 1.34. The molecule has 0 aromatic heterocycles. The molecule has 1 fully saturated rings. The number of hydrogen-bond acceptors (Lipinski definition) is 4. The summed E-state index contributed by atoms with van der Waals surface area (Å²) in [4.78, 5) is 26.3. The van der Waals surface area contributed by atoms with Gasteiger partial charge in [-0.2, -0.15) is 0 Å². The Morgan fingerprint density at radius 2 is 2.00 bits per heavy atom. The number of anilines is 1. The summed E-state index contributed by atoms with van der Waals surface area (Å²) in [6.45, 7) is 2.85. The van der Waals surface area contributed by atoms with Crippen molar-refractivity contribution in [2.45, 2.75) is 25.8 Å². The van der Waals surface area contributed by atoms with E-state index in [2.05, 4.69) is 5.32 Å². The fraction of sp³-hybridized carbons (Fsp3) is 0.300. The molecule has 2 aliphatic heterocycles.